The van der Waals surface area contributed by atoms with E-state index in [0.29, 0.717) is 0 Å². The lowest BCUT2D eigenvalue weighted by molar-refractivity contribution is 0.249. The van der Waals surface area contributed by atoms with E-state index in [0.717, 1.165) is 12.1 Å². The first-order valence-corrected chi connectivity index (χ1v) is 8.61. The molecule has 134 valence electrons. The predicted octanol–water partition coefficient (Wildman–Crippen LogP) is 3.89. The van der Waals surface area contributed by atoms with Crippen LogP contribution in [0.4, 0.5) is 10.5 Å². The fraction of sp³-hybridized carbons (Fsp3) is 0.238. The lowest BCUT2D eigenvalue weighted by atomic mass is 9.87. The number of hydrazone groups is 1. The van der Waals surface area contributed by atoms with Crippen LogP contribution >= 0.6 is 0 Å². The quantitative estimate of drug-likeness (QED) is 0.650. The number of primary amides is 1. The van der Waals surface area contributed by atoms with E-state index in [-0.39, 0.29) is 5.54 Å². The second kappa shape index (κ2) is 7.04. The molecule has 0 radical (unpaired) electrons. The molecular weight excluding hydrogens is 324 g/mol. The van der Waals surface area contributed by atoms with Crippen molar-refractivity contribution >= 4 is 23.5 Å². The highest BCUT2D eigenvalue weighted by Crippen LogP contribution is 2.40. The molecule has 1 aliphatic rings. The van der Waals surface area contributed by atoms with E-state index in [1.165, 1.54) is 22.4 Å². The van der Waals surface area contributed by atoms with Crippen molar-refractivity contribution in [3.8, 4) is 0 Å². The summed E-state index contributed by atoms with van der Waals surface area (Å²) in [6.45, 7) is 7.42. The molecule has 0 atom stereocenters. The molecule has 2 amide bonds. The molecule has 0 aromatic heterocycles. The van der Waals surface area contributed by atoms with E-state index in [9.17, 15) is 4.79 Å². The average molecular weight is 348 g/mol. The molecule has 5 nitrogen and oxygen atoms in total. The molecule has 3 rings (SSSR count). The van der Waals surface area contributed by atoms with Gasteiger partial charge in [0, 0.05) is 17.8 Å². The second-order valence-electron chi connectivity index (χ2n) is 7.06. The fourth-order valence-corrected chi connectivity index (χ4v) is 3.41. The van der Waals surface area contributed by atoms with E-state index in [1.54, 1.807) is 6.21 Å². The van der Waals surface area contributed by atoms with Gasteiger partial charge in [-0.1, -0.05) is 42.5 Å². The Morgan fingerprint density at radius 1 is 1.23 bits per heavy atom. The van der Waals surface area contributed by atoms with Gasteiger partial charge in [-0.25, -0.2) is 10.2 Å². The van der Waals surface area contributed by atoms with Gasteiger partial charge in [-0.2, -0.15) is 5.10 Å². The number of rotatable bonds is 4. The normalized spacial score (nSPS) is 15.5. The van der Waals surface area contributed by atoms with Gasteiger partial charge in [0.2, 0.25) is 0 Å². The molecular formula is C21H24N4O. The van der Waals surface area contributed by atoms with Gasteiger partial charge >= 0.3 is 6.03 Å². The van der Waals surface area contributed by atoms with Crippen LogP contribution in [0.25, 0.3) is 5.57 Å². The van der Waals surface area contributed by atoms with Crippen LogP contribution in [0.1, 0.15) is 37.5 Å². The highest BCUT2D eigenvalue weighted by Gasteiger charge is 2.31. The van der Waals surface area contributed by atoms with E-state index in [2.05, 4.69) is 78.7 Å². The number of allylic oxidation sites excluding steroid dienone is 1. The number of nitrogens with two attached hydrogens (primary N) is 1. The summed E-state index contributed by atoms with van der Waals surface area (Å²) in [6, 6.07) is 16.0. The molecule has 2 aromatic rings. The Hall–Kier alpha value is -3.08. The monoisotopic (exact) mass is 348 g/mol. The molecule has 0 saturated carbocycles. The van der Waals surface area contributed by atoms with Crippen LogP contribution in [-0.4, -0.2) is 17.8 Å². The third-order valence-electron chi connectivity index (χ3n) is 4.57. The Morgan fingerprint density at radius 2 is 1.96 bits per heavy atom. The summed E-state index contributed by atoms with van der Waals surface area (Å²) in [5.74, 6) is 0. The molecule has 1 heterocycles. The Bertz CT molecular complexity index is 869. The maximum absolute atomic E-state index is 10.7. The molecule has 0 aliphatic carbocycles. The number of fused-ring (bicyclic) bond motifs is 1. The van der Waals surface area contributed by atoms with Gasteiger partial charge in [0.15, 0.2) is 0 Å². The maximum Gasteiger partial charge on any atom is 0.332 e. The molecule has 0 fully saturated rings. The first kappa shape index (κ1) is 17.7. The molecule has 5 heteroatoms. The topological polar surface area (TPSA) is 70.7 Å². The molecule has 2 aromatic carbocycles. The van der Waals surface area contributed by atoms with Crippen LogP contribution < -0.4 is 16.1 Å². The first-order chi connectivity index (χ1) is 12.4. The summed E-state index contributed by atoms with van der Waals surface area (Å²) in [7, 11) is 0. The van der Waals surface area contributed by atoms with Crippen LogP contribution in [0.2, 0.25) is 0 Å². The second-order valence-corrected chi connectivity index (χ2v) is 7.06. The molecule has 0 spiro atoms. The fourth-order valence-electron chi connectivity index (χ4n) is 3.41. The SMILES string of the molecule is CC1=CC(C)(C)N(Cc2ccccc2)c2ccc(C=NNC(N)=O)cc21. The molecule has 3 N–H and O–H groups in total. The van der Waals surface area contributed by atoms with Crippen LogP contribution in [-0.2, 0) is 6.54 Å². The lowest BCUT2D eigenvalue weighted by Crippen LogP contribution is -2.44. The van der Waals surface area contributed by atoms with Crippen molar-refractivity contribution in [1.82, 2.24) is 5.43 Å². The number of anilines is 1. The van der Waals surface area contributed by atoms with Crippen molar-refractivity contribution in [3.05, 3.63) is 71.3 Å². The predicted molar refractivity (Wildman–Crippen MR) is 107 cm³/mol. The van der Waals surface area contributed by atoms with Crippen molar-refractivity contribution in [1.29, 1.82) is 0 Å². The minimum absolute atomic E-state index is 0.0872. The molecule has 26 heavy (non-hydrogen) atoms. The minimum atomic E-state index is -0.675. The van der Waals surface area contributed by atoms with Crippen molar-refractivity contribution in [2.24, 2.45) is 10.8 Å². The van der Waals surface area contributed by atoms with Gasteiger partial charge in [0.05, 0.1) is 11.8 Å². The van der Waals surface area contributed by atoms with Crippen LogP contribution in [0, 0.1) is 0 Å². The lowest BCUT2D eigenvalue weighted by Gasteiger charge is -2.43. The number of carbonyl (C=O) groups is 1. The standard InChI is InChI=1S/C21H24N4O/c1-15-12-21(2,3)25(14-16-7-5-4-6-8-16)19-10-9-17(11-18(15)19)13-23-24-20(22)26/h4-13H,14H2,1-3H3,(H3,22,24,26). The van der Waals surface area contributed by atoms with E-state index < -0.39 is 6.03 Å². The van der Waals surface area contributed by atoms with Crippen LogP contribution in [0.15, 0.2) is 59.7 Å². The number of benzene rings is 2. The van der Waals surface area contributed by atoms with Crippen molar-refractivity contribution in [2.45, 2.75) is 32.9 Å². The summed E-state index contributed by atoms with van der Waals surface area (Å²) in [5.41, 5.74) is 12.9. The molecule has 0 saturated heterocycles. The number of hydrogen-bond donors (Lipinski definition) is 2. The summed E-state index contributed by atoms with van der Waals surface area (Å²) in [4.78, 5) is 13.2. The summed E-state index contributed by atoms with van der Waals surface area (Å²) in [6.07, 6.45) is 3.89. The molecule has 0 bridgehead atoms. The zero-order valence-corrected chi connectivity index (χ0v) is 15.4. The van der Waals surface area contributed by atoms with E-state index in [1.807, 2.05) is 12.1 Å². The van der Waals surface area contributed by atoms with E-state index in [4.69, 9.17) is 5.73 Å². The van der Waals surface area contributed by atoms with Gasteiger partial charge in [-0.15, -0.1) is 0 Å². The van der Waals surface area contributed by atoms with Crippen molar-refractivity contribution in [2.75, 3.05) is 4.90 Å². The van der Waals surface area contributed by atoms with Crippen molar-refractivity contribution < 1.29 is 4.79 Å². The molecule has 0 unspecified atom stereocenters. The number of carbonyl (C=O) groups excluding carboxylic acids is 1. The third kappa shape index (κ3) is 3.77. The third-order valence-corrected chi connectivity index (χ3v) is 4.57. The van der Waals surface area contributed by atoms with Crippen LogP contribution in [0.5, 0.6) is 0 Å². The average Bonchev–Trinajstić information content (AvgIpc) is 2.59. The zero-order valence-electron chi connectivity index (χ0n) is 15.4. The largest absolute Gasteiger partial charge is 0.358 e. The van der Waals surface area contributed by atoms with Crippen LogP contribution in [0.3, 0.4) is 0 Å². The summed E-state index contributed by atoms with van der Waals surface area (Å²) < 4.78 is 0. The Morgan fingerprint density at radius 3 is 2.65 bits per heavy atom. The number of hydrogen-bond acceptors (Lipinski definition) is 3. The minimum Gasteiger partial charge on any atom is -0.358 e. The highest BCUT2D eigenvalue weighted by molar-refractivity contribution is 5.88. The van der Waals surface area contributed by atoms with Gasteiger partial charge in [-0.05, 0) is 49.6 Å². The Labute approximate surface area is 154 Å². The number of nitrogens with one attached hydrogen (secondary N) is 1. The summed E-state index contributed by atoms with van der Waals surface area (Å²) >= 11 is 0. The maximum atomic E-state index is 10.7. The number of amides is 2. The molecule has 1 aliphatic heterocycles. The van der Waals surface area contributed by atoms with Crippen molar-refractivity contribution in [3.63, 3.8) is 0 Å². The Balaban J connectivity index is 1.96. The van der Waals surface area contributed by atoms with Gasteiger partial charge in [-0.3, -0.25) is 0 Å². The Kier molecular flexibility index (Phi) is 4.80. The van der Waals surface area contributed by atoms with Gasteiger partial charge < -0.3 is 10.6 Å². The van der Waals surface area contributed by atoms with Gasteiger partial charge in [0.25, 0.3) is 0 Å². The van der Waals surface area contributed by atoms with E-state index >= 15 is 0 Å². The number of nitrogens with zero attached hydrogens (tertiary/aromatic N) is 2. The first-order valence-electron chi connectivity index (χ1n) is 8.61. The highest BCUT2D eigenvalue weighted by atomic mass is 16.2. The smallest absolute Gasteiger partial charge is 0.332 e. The van der Waals surface area contributed by atoms with Gasteiger partial charge in [0.1, 0.15) is 0 Å². The summed E-state index contributed by atoms with van der Waals surface area (Å²) in [5, 5.41) is 3.85. The number of urea groups is 1. The zero-order chi connectivity index (χ0) is 18.7.